The Kier molecular flexibility index (Phi) is 6.39. The molecule has 5 nitrogen and oxygen atoms in total. The highest BCUT2D eigenvalue weighted by atomic mass is 35.5. The molecule has 0 radical (unpaired) electrons. The highest BCUT2D eigenvalue weighted by Crippen LogP contribution is 2.38. The Balaban J connectivity index is 2.19. The standard InChI is InChI=1S/C18H17Cl3N2O3/c1-9-5-4-6-10(2)16(9)22-13(24)8-23(3)18(26)14-15(21)11(19)7-12(20)17(14)25/h4-7,25H,8H2,1-3H3,(H,22,24). The molecule has 0 fully saturated rings. The number of rotatable bonds is 4. The topological polar surface area (TPSA) is 69.6 Å². The van der Waals surface area contributed by atoms with Crippen LogP contribution in [-0.4, -0.2) is 35.4 Å². The maximum atomic E-state index is 12.6. The summed E-state index contributed by atoms with van der Waals surface area (Å²) < 4.78 is 0. The van der Waals surface area contributed by atoms with Crippen LogP contribution in [0.2, 0.25) is 15.1 Å². The Morgan fingerprint density at radius 2 is 1.69 bits per heavy atom. The second kappa shape index (κ2) is 8.16. The summed E-state index contributed by atoms with van der Waals surface area (Å²) in [5.41, 5.74) is 2.28. The van der Waals surface area contributed by atoms with E-state index in [4.69, 9.17) is 34.8 Å². The minimum atomic E-state index is -0.673. The van der Waals surface area contributed by atoms with Gasteiger partial charge in [-0.05, 0) is 31.0 Å². The van der Waals surface area contributed by atoms with Gasteiger partial charge in [0.05, 0.1) is 21.6 Å². The molecule has 0 heterocycles. The molecule has 8 heteroatoms. The first kappa shape index (κ1) is 20.4. The number of hydrogen-bond donors (Lipinski definition) is 2. The first-order chi connectivity index (χ1) is 12.1. The van der Waals surface area contributed by atoms with Crippen LogP contribution in [0.15, 0.2) is 24.3 Å². The lowest BCUT2D eigenvalue weighted by Crippen LogP contribution is -2.35. The molecule has 0 aliphatic heterocycles. The van der Waals surface area contributed by atoms with Crippen molar-refractivity contribution in [2.24, 2.45) is 0 Å². The molecule has 138 valence electrons. The fourth-order valence-corrected chi connectivity index (χ4v) is 3.14. The van der Waals surface area contributed by atoms with E-state index in [2.05, 4.69) is 5.32 Å². The van der Waals surface area contributed by atoms with Crippen molar-refractivity contribution in [3.05, 3.63) is 56.0 Å². The summed E-state index contributed by atoms with van der Waals surface area (Å²) in [6, 6.07) is 6.89. The third-order valence-electron chi connectivity index (χ3n) is 3.83. The number of halogens is 3. The number of carbonyl (C=O) groups excluding carboxylic acids is 2. The summed E-state index contributed by atoms with van der Waals surface area (Å²) in [5.74, 6) is -1.54. The summed E-state index contributed by atoms with van der Waals surface area (Å²) in [7, 11) is 1.41. The summed E-state index contributed by atoms with van der Waals surface area (Å²) >= 11 is 17.8. The van der Waals surface area contributed by atoms with Crippen LogP contribution in [0.5, 0.6) is 5.75 Å². The van der Waals surface area contributed by atoms with Crippen LogP contribution in [0.25, 0.3) is 0 Å². The summed E-state index contributed by atoms with van der Waals surface area (Å²) in [4.78, 5) is 26.0. The molecule has 0 saturated carbocycles. The summed E-state index contributed by atoms with van der Waals surface area (Å²) in [5, 5.41) is 12.6. The Bertz CT molecular complexity index is 838. The maximum Gasteiger partial charge on any atom is 0.259 e. The number of likely N-dealkylation sites (N-methyl/N-ethyl adjacent to an activating group) is 1. The quantitative estimate of drug-likeness (QED) is 0.712. The molecule has 2 rings (SSSR count). The van der Waals surface area contributed by atoms with Gasteiger partial charge < -0.3 is 15.3 Å². The van der Waals surface area contributed by atoms with Crippen LogP contribution in [0.3, 0.4) is 0 Å². The summed E-state index contributed by atoms with van der Waals surface area (Å²) in [6.45, 7) is 3.51. The second-order valence-electron chi connectivity index (χ2n) is 5.85. The van der Waals surface area contributed by atoms with Gasteiger partial charge in [0, 0.05) is 12.7 Å². The van der Waals surface area contributed by atoms with Crippen molar-refractivity contribution in [1.82, 2.24) is 4.90 Å². The van der Waals surface area contributed by atoms with Gasteiger partial charge in [-0.15, -0.1) is 0 Å². The van der Waals surface area contributed by atoms with Crippen molar-refractivity contribution in [3.8, 4) is 5.75 Å². The van der Waals surface area contributed by atoms with Crippen molar-refractivity contribution in [2.75, 3.05) is 18.9 Å². The normalized spacial score (nSPS) is 10.5. The summed E-state index contributed by atoms with van der Waals surface area (Å²) in [6.07, 6.45) is 0. The van der Waals surface area contributed by atoms with Crippen LogP contribution in [0.4, 0.5) is 5.69 Å². The predicted octanol–water partition coefficient (Wildman–Crippen LogP) is 4.68. The Morgan fingerprint density at radius 1 is 1.12 bits per heavy atom. The predicted molar refractivity (Wildman–Crippen MR) is 105 cm³/mol. The van der Waals surface area contributed by atoms with Crippen LogP contribution >= 0.6 is 34.8 Å². The van der Waals surface area contributed by atoms with E-state index in [1.54, 1.807) is 0 Å². The average Bonchev–Trinajstić information content (AvgIpc) is 2.56. The number of carbonyl (C=O) groups is 2. The zero-order valence-electron chi connectivity index (χ0n) is 14.4. The molecule has 0 atom stereocenters. The van der Waals surface area contributed by atoms with Gasteiger partial charge >= 0.3 is 0 Å². The van der Waals surface area contributed by atoms with Crippen LogP contribution in [-0.2, 0) is 4.79 Å². The first-order valence-electron chi connectivity index (χ1n) is 7.61. The second-order valence-corrected chi connectivity index (χ2v) is 7.05. The van der Waals surface area contributed by atoms with Crippen LogP contribution < -0.4 is 5.32 Å². The van der Waals surface area contributed by atoms with E-state index in [1.807, 2.05) is 32.0 Å². The number of nitrogens with one attached hydrogen (secondary N) is 1. The lowest BCUT2D eigenvalue weighted by Gasteiger charge is -2.20. The van der Waals surface area contributed by atoms with Gasteiger partial charge in [-0.2, -0.15) is 0 Å². The maximum absolute atomic E-state index is 12.6. The van der Waals surface area contributed by atoms with E-state index in [0.29, 0.717) is 5.69 Å². The number of amides is 2. The Morgan fingerprint density at radius 3 is 2.27 bits per heavy atom. The van der Waals surface area contributed by atoms with Crippen molar-refractivity contribution < 1.29 is 14.7 Å². The van der Waals surface area contributed by atoms with Crippen molar-refractivity contribution in [1.29, 1.82) is 0 Å². The molecular weight excluding hydrogens is 399 g/mol. The Hall–Kier alpha value is -1.95. The lowest BCUT2D eigenvalue weighted by atomic mass is 10.1. The number of para-hydroxylation sites is 1. The third kappa shape index (κ3) is 4.23. The minimum absolute atomic E-state index is 0.0335. The van der Waals surface area contributed by atoms with E-state index in [-0.39, 0.29) is 33.1 Å². The molecule has 2 amide bonds. The molecule has 2 N–H and O–H groups in total. The number of nitrogens with zero attached hydrogens (tertiary/aromatic N) is 1. The van der Waals surface area contributed by atoms with Gasteiger partial charge in [0.1, 0.15) is 11.3 Å². The van der Waals surface area contributed by atoms with Crippen molar-refractivity contribution >= 4 is 52.3 Å². The number of phenols is 1. The van der Waals surface area contributed by atoms with Gasteiger partial charge in [-0.25, -0.2) is 0 Å². The van der Waals surface area contributed by atoms with Crippen molar-refractivity contribution in [2.45, 2.75) is 13.8 Å². The van der Waals surface area contributed by atoms with E-state index < -0.39 is 11.7 Å². The largest absolute Gasteiger partial charge is 0.505 e. The highest BCUT2D eigenvalue weighted by molar-refractivity contribution is 6.45. The molecule has 0 spiro atoms. The number of benzene rings is 2. The molecule has 26 heavy (non-hydrogen) atoms. The minimum Gasteiger partial charge on any atom is -0.505 e. The molecule has 2 aromatic rings. The van der Waals surface area contributed by atoms with Crippen LogP contribution in [0, 0.1) is 13.8 Å². The van der Waals surface area contributed by atoms with E-state index >= 15 is 0 Å². The lowest BCUT2D eigenvalue weighted by molar-refractivity contribution is -0.116. The van der Waals surface area contributed by atoms with E-state index in [9.17, 15) is 14.7 Å². The number of aryl methyl sites for hydroxylation is 2. The third-order valence-corrected chi connectivity index (χ3v) is 4.91. The molecule has 0 aromatic heterocycles. The first-order valence-corrected chi connectivity index (χ1v) is 8.74. The molecular formula is C18H17Cl3N2O3. The number of aromatic hydroxyl groups is 1. The number of hydrogen-bond acceptors (Lipinski definition) is 3. The molecule has 0 aliphatic rings. The number of phenolic OH excluding ortho intramolecular Hbond substituents is 1. The van der Waals surface area contributed by atoms with Crippen LogP contribution in [0.1, 0.15) is 21.5 Å². The molecule has 2 aromatic carbocycles. The van der Waals surface area contributed by atoms with Gasteiger partial charge in [-0.3, -0.25) is 9.59 Å². The monoisotopic (exact) mass is 414 g/mol. The van der Waals surface area contributed by atoms with Crippen molar-refractivity contribution in [3.63, 3.8) is 0 Å². The fraction of sp³-hybridized carbons (Fsp3) is 0.222. The molecule has 0 saturated heterocycles. The van der Waals surface area contributed by atoms with E-state index in [0.717, 1.165) is 16.0 Å². The molecule has 0 bridgehead atoms. The highest BCUT2D eigenvalue weighted by Gasteiger charge is 2.25. The van der Waals surface area contributed by atoms with E-state index in [1.165, 1.54) is 13.1 Å². The zero-order valence-corrected chi connectivity index (χ0v) is 16.6. The fourth-order valence-electron chi connectivity index (χ4n) is 2.45. The average molecular weight is 416 g/mol. The van der Waals surface area contributed by atoms with Gasteiger partial charge in [-0.1, -0.05) is 53.0 Å². The molecule has 0 aliphatic carbocycles. The zero-order chi connectivity index (χ0) is 19.6. The number of anilines is 1. The van der Waals surface area contributed by atoms with Gasteiger partial charge in [0.15, 0.2) is 0 Å². The van der Waals surface area contributed by atoms with Gasteiger partial charge in [0.25, 0.3) is 5.91 Å². The SMILES string of the molecule is Cc1cccc(C)c1NC(=O)CN(C)C(=O)c1c(O)c(Cl)cc(Cl)c1Cl. The smallest absolute Gasteiger partial charge is 0.259 e. The van der Waals surface area contributed by atoms with Gasteiger partial charge in [0.2, 0.25) is 5.91 Å². The Labute approximate surface area is 166 Å². The molecule has 0 unspecified atom stereocenters.